The van der Waals surface area contributed by atoms with Crippen molar-refractivity contribution in [1.82, 2.24) is 9.78 Å². The average Bonchev–Trinajstić information content (AvgIpc) is 3.52. The first-order valence-electron chi connectivity index (χ1n) is 12.9. The zero-order chi connectivity index (χ0) is 30.4. The Morgan fingerprint density at radius 1 is 1.12 bits per heavy atom. The van der Waals surface area contributed by atoms with Gasteiger partial charge in [-0.05, 0) is 66.6 Å². The Morgan fingerprint density at radius 3 is 2.60 bits per heavy atom. The Hall–Kier alpha value is -3.96. The van der Waals surface area contributed by atoms with Gasteiger partial charge in [-0.3, -0.25) is 14.4 Å². The number of aromatic nitrogens is 2. The molecule has 2 aromatic heterocycles. The SMILES string of the molecule is CC(=O)Oc1cccc(C(=O)Nc2sc3c(c2C(=O)c2cnn(-c4ccc(Cl)c(C(F)(F)F)c4)c2)CCC(C)(C)C3)c1. The molecule has 2 aromatic carbocycles. The van der Waals surface area contributed by atoms with Gasteiger partial charge >= 0.3 is 12.1 Å². The van der Waals surface area contributed by atoms with Crippen LogP contribution in [-0.4, -0.2) is 27.4 Å². The minimum Gasteiger partial charge on any atom is -0.427 e. The molecule has 4 aromatic rings. The normalized spacial score (nSPS) is 14.3. The van der Waals surface area contributed by atoms with Crippen molar-refractivity contribution in [3.63, 3.8) is 0 Å². The van der Waals surface area contributed by atoms with Crippen LogP contribution in [-0.2, 0) is 23.8 Å². The van der Waals surface area contributed by atoms with Crippen LogP contribution in [0.1, 0.15) is 69.5 Å². The van der Waals surface area contributed by atoms with Crippen molar-refractivity contribution in [1.29, 1.82) is 0 Å². The van der Waals surface area contributed by atoms with Crippen molar-refractivity contribution in [2.24, 2.45) is 5.41 Å². The van der Waals surface area contributed by atoms with Crippen LogP contribution in [0, 0.1) is 5.41 Å². The van der Waals surface area contributed by atoms with Crippen molar-refractivity contribution in [3.8, 4) is 11.4 Å². The monoisotopic (exact) mass is 615 g/mol. The highest BCUT2D eigenvalue weighted by atomic mass is 35.5. The molecule has 218 valence electrons. The van der Waals surface area contributed by atoms with E-state index in [1.807, 2.05) is 0 Å². The molecule has 0 spiro atoms. The molecule has 7 nitrogen and oxygen atoms in total. The molecule has 1 aliphatic carbocycles. The van der Waals surface area contributed by atoms with Crippen LogP contribution >= 0.6 is 22.9 Å². The third kappa shape index (κ3) is 6.12. The zero-order valence-corrected chi connectivity index (χ0v) is 24.3. The second-order valence-corrected chi connectivity index (χ2v) is 12.3. The Kier molecular flexibility index (Phi) is 7.76. The number of halogens is 4. The molecule has 0 saturated heterocycles. The molecule has 0 aliphatic heterocycles. The number of benzene rings is 2. The number of amides is 1. The van der Waals surface area contributed by atoms with Gasteiger partial charge in [0.25, 0.3) is 5.91 Å². The summed E-state index contributed by atoms with van der Waals surface area (Å²) in [6, 6.07) is 9.50. The first-order chi connectivity index (χ1) is 19.7. The van der Waals surface area contributed by atoms with Crippen LogP contribution in [0.25, 0.3) is 5.69 Å². The summed E-state index contributed by atoms with van der Waals surface area (Å²) >= 11 is 7.08. The fourth-order valence-corrected chi connectivity index (χ4v) is 6.60. The predicted octanol–water partition coefficient (Wildman–Crippen LogP) is 7.53. The van der Waals surface area contributed by atoms with Gasteiger partial charge in [0.2, 0.25) is 0 Å². The number of ether oxygens (including phenoxy) is 1. The second-order valence-electron chi connectivity index (χ2n) is 10.8. The van der Waals surface area contributed by atoms with Gasteiger partial charge in [-0.2, -0.15) is 18.3 Å². The fraction of sp³-hybridized carbons (Fsp3) is 0.267. The van der Waals surface area contributed by atoms with E-state index in [4.69, 9.17) is 16.3 Å². The molecule has 0 unspecified atom stereocenters. The lowest BCUT2D eigenvalue weighted by Crippen LogP contribution is -2.22. The number of fused-ring (bicyclic) bond motifs is 1. The summed E-state index contributed by atoms with van der Waals surface area (Å²) in [5.74, 6) is -1.22. The molecule has 42 heavy (non-hydrogen) atoms. The first kappa shape index (κ1) is 29.5. The molecule has 0 saturated carbocycles. The van der Waals surface area contributed by atoms with E-state index in [0.717, 1.165) is 35.4 Å². The number of nitrogens with zero attached hydrogens (tertiary/aromatic N) is 2. The van der Waals surface area contributed by atoms with Gasteiger partial charge in [0.05, 0.1) is 33.6 Å². The lowest BCUT2D eigenvalue weighted by Gasteiger charge is -2.29. The number of thiophene rings is 1. The quantitative estimate of drug-likeness (QED) is 0.138. The zero-order valence-electron chi connectivity index (χ0n) is 22.8. The summed E-state index contributed by atoms with van der Waals surface area (Å²) in [5, 5.41) is 6.92. The summed E-state index contributed by atoms with van der Waals surface area (Å²) in [5.41, 5.74) is 0.635. The molecular weight excluding hydrogens is 591 g/mol. The number of carbonyl (C=O) groups is 3. The standard InChI is InChI=1S/C30H25ClF3N3O4S/c1-16(38)41-20-6-4-5-17(11-20)27(40)36-28-25(21-9-10-29(2,3)13-24(21)42-28)26(39)18-14-35-37(15-18)19-7-8-23(31)22(12-19)30(32,33)34/h4-8,11-12,14-15H,9-10,13H2,1-3H3,(H,36,40). The maximum atomic E-state index is 13.9. The molecule has 1 amide bonds. The van der Waals surface area contributed by atoms with Crippen molar-refractivity contribution < 1.29 is 32.3 Å². The Labute approximate surface area is 248 Å². The van der Waals surface area contributed by atoms with Crippen LogP contribution < -0.4 is 10.1 Å². The van der Waals surface area contributed by atoms with E-state index in [1.54, 1.807) is 18.2 Å². The van der Waals surface area contributed by atoms with Crippen LogP contribution in [0.3, 0.4) is 0 Å². The largest absolute Gasteiger partial charge is 0.427 e. The Bertz CT molecular complexity index is 1720. The summed E-state index contributed by atoms with van der Waals surface area (Å²) < 4.78 is 46.5. The molecule has 1 aliphatic rings. The van der Waals surface area contributed by atoms with E-state index in [0.29, 0.717) is 17.0 Å². The topological polar surface area (TPSA) is 90.3 Å². The second kappa shape index (κ2) is 11.0. The molecule has 1 N–H and O–H groups in total. The summed E-state index contributed by atoms with van der Waals surface area (Å²) in [7, 11) is 0. The van der Waals surface area contributed by atoms with E-state index in [9.17, 15) is 27.6 Å². The maximum absolute atomic E-state index is 13.9. The van der Waals surface area contributed by atoms with E-state index >= 15 is 0 Å². The number of carbonyl (C=O) groups excluding carboxylic acids is 3. The van der Waals surface area contributed by atoms with E-state index in [-0.39, 0.29) is 28.0 Å². The molecule has 0 bridgehead atoms. The molecule has 0 fully saturated rings. The van der Waals surface area contributed by atoms with Gasteiger partial charge in [0.1, 0.15) is 10.8 Å². The minimum absolute atomic E-state index is 0.00741. The number of alkyl halides is 3. The van der Waals surface area contributed by atoms with E-state index in [1.165, 1.54) is 47.5 Å². The molecule has 12 heteroatoms. The maximum Gasteiger partial charge on any atom is 0.417 e. The number of anilines is 1. The summed E-state index contributed by atoms with van der Waals surface area (Å²) in [6.07, 6.45) is 0.158. The number of hydrogen-bond acceptors (Lipinski definition) is 6. The number of esters is 1. The van der Waals surface area contributed by atoms with Crippen molar-refractivity contribution in [3.05, 3.63) is 92.6 Å². The third-order valence-electron chi connectivity index (χ3n) is 6.96. The first-order valence-corrected chi connectivity index (χ1v) is 14.1. The Morgan fingerprint density at radius 2 is 1.88 bits per heavy atom. The highest BCUT2D eigenvalue weighted by Gasteiger charge is 2.35. The van der Waals surface area contributed by atoms with Gasteiger partial charge in [-0.1, -0.05) is 31.5 Å². The fourth-order valence-electron chi connectivity index (χ4n) is 4.87. The summed E-state index contributed by atoms with van der Waals surface area (Å²) in [6.45, 7) is 5.54. The number of hydrogen-bond donors (Lipinski definition) is 1. The highest BCUT2D eigenvalue weighted by molar-refractivity contribution is 7.17. The van der Waals surface area contributed by atoms with Crippen LogP contribution in [0.15, 0.2) is 54.9 Å². The number of nitrogens with one attached hydrogen (secondary N) is 1. The van der Waals surface area contributed by atoms with E-state index < -0.39 is 34.4 Å². The molecular formula is C30H25ClF3N3O4S. The molecule has 0 atom stereocenters. The van der Waals surface area contributed by atoms with Crippen LogP contribution in [0.2, 0.25) is 5.02 Å². The van der Waals surface area contributed by atoms with E-state index in [2.05, 4.69) is 24.3 Å². The van der Waals surface area contributed by atoms with Crippen LogP contribution in [0.5, 0.6) is 5.75 Å². The van der Waals surface area contributed by atoms with Gasteiger partial charge in [0.15, 0.2) is 5.78 Å². The van der Waals surface area contributed by atoms with Crippen LogP contribution in [0.4, 0.5) is 18.2 Å². The van der Waals surface area contributed by atoms with Gasteiger partial charge < -0.3 is 10.1 Å². The lowest BCUT2D eigenvalue weighted by molar-refractivity contribution is -0.137. The average molecular weight is 616 g/mol. The smallest absolute Gasteiger partial charge is 0.417 e. The van der Waals surface area contributed by atoms with Gasteiger partial charge in [0, 0.05) is 23.6 Å². The van der Waals surface area contributed by atoms with Crippen molar-refractivity contribution in [2.75, 3.05) is 5.32 Å². The number of ketones is 1. The molecule has 2 heterocycles. The van der Waals surface area contributed by atoms with Gasteiger partial charge in [-0.25, -0.2) is 4.68 Å². The Balaban J connectivity index is 1.50. The number of rotatable bonds is 6. The minimum atomic E-state index is -4.66. The molecule has 5 rings (SSSR count). The highest BCUT2D eigenvalue weighted by Crippen LogP contribution is 2.45. The summed E-state index contributed by atoms with van der Waals surface area (Å²) in [4.78, 5) is 39.5. The van der Waals surface area contributed by atoms with Crippen molar-refractivity contribution in [2.45, 2.75) is 46.2 Å². The predicted molar refractivity (Wildman–Crippen MR) is 153 cm³/mol. The van der Waals surface area contributed by atoms with Gasteiger partial charge in [-0.15, -0.1) is 11.3 Å². The molecule has 0 radical (unpaired) electrons. The third-order valence-corrected chi connectivity index (χ3v) is 8.44. The van der Waals surface area contributed by atoms with Crippen molar-refractivity contribution >= 4 is 45.6 Å². The lowest BCUT2D eigenvalue weighted by atomic mass is 9.76.